The molecule has 0 heterocycles. The van der Waals surface area contributed by atoms with Gasteiger partial charge in [0.2, 0.25) is 0 Å². The highest BCUT2D eigenvalue weighted by molar-refractivity contribution is 5.16. The van der Waals surface area contributed by atoms with Gasteiger partial charge in [-0.25, -0.2) is 4.39 Å². The van der Waals surface area contributed by atoms with Gasteiger partial charge in [0.15, 0.2) is 0 Å². The molecule has 80 valence electrons. The lowest BCUT2D eigenvalue weighted by Gasteiger charge is -2.04. The van der Waals surface area contributed by atoms with Crippen LogP contribution in [-0.4, -0.2) is 20.3 Å². The van der Waals surface area contributed by atoms with E-state index < -0.39 is 0 Å². The quantitative estimate of drug-likeness (QED) is 0.357. The van der Waals surface area contributed by atoms with Crippen LogP contribution in [-0.2, 0) is 9.47 Å². The molecule has 0 amide bonds. The number of allylic oxidation sites excluding steroid dienone is 5. The summed E-state index contributed by atoms with van der Waals surface area (Å²) in [5, 5.41) is 0. The van der Waals surface area contributed by atoms with Crippen molar-refractivity contribution in [2.24, 2.45) is 0 Å². The standard InChI is InChI=1S/C11H17FO2/c1-4-11(12)7-6-10(2)14-9-5-8-13-3/h4,6-7H,1,5,8-9H2,2-3H3/b10-6+,11-7+. The first kappa shape index (κ1) is 12.9. The van der Waals surface area contributed by atoms with E-state index in [1.165, 1.54) is 6.08 Å². The van der Waals surface area contributed by atoms with Gasteiger partial charge in [0.1, 0.15) is 5.83 Å². The lowest BCUT2D eigenvalue weighted by molar-refractivity contribution is 0.145. The maximum absolute atomic E-state index is 12.6. The topological polar surface area (TPSA) is 18.5 Å². The third kappa shape index (κ3) is 7.55. The summed E-state index contributed by atoms with van der Waals surface area (Å²) in [6, 6.07) is 0. The van der Waals surface area contributed by atoms with E-state index in [0.29, 0.717) is 19.0 Å². The van der Waals surface area contributed by atoms with Crippen LogP contribution in [0, 0.1) is 0 Å². The summed E-state index contributed by atoms with van der Waals surface area (Å²) in [5.41, 5.74) is 0. The Morgan fingerprint density at radius 1 is 1.36 bits per heavy atom. The molecule has 0 spiro atoms. The average molecular weight is 200 g/mol. The molecule has 0 fully saturated rings. The van der Waals surface area contributed by atoms with Gasteiger partial charge in [0.05, 0.1) is 12.4 Å². The SMILES string of the molecule is C=C/C(F)=C\C=C(/C)OCCCOC. The van der Waals surface area contributed by atoms with Gasteiger partial charge in [-0.2, -0.15) is 0 Å². The summed E-state index contributed by atoms with van der Waals surface area (Å²) in [5.74, 6) is 0.308. The first-order valence-corrected chi connectivity index (χ1v) is 4.49. The van der Waals surface area contributed by atoms with E-state index >= 15 is 0 Å². The molecule has 0 aliphatic rings. The first-order chi connectivity index (χ1) is 6.70. The molecule has 0 aliphatic carbocycles. The van der Waals surface area contributed by atoms with Crippen molar-refractivity contribution in [1.29, 1.82) is 0 Å². The Morgan fingerprint density at radius 3 is 2.64 bits per heavy atom. The second kappa shape index (κ2) is 8.51. The van der Waals surface area contributed by atoms with Crippen molar-refractivity contribution in [3.05, 3.63) is 36.4 Å². The zero-order chi connectivity index (χ0) is 10.8. The Kier molecular flexibility index (Phi) is 7.84. The molecule has 0 aromatic carbocycles. The highest BCUT2D eigenvalue weighted by Gasteiger charge is 1.90. The molecule has 0 unspecified atom stereocenters. The largest absolute Gasteiger partial charge is 0.498 e. The summed E-state index contributed by atoms with van der Waals surface area (Å²) in [4.78, 5) is 0. The zero-order valence-electron chi connectivity index (χ0n) is 8.75. The van der Waals surface area contributed by atoms with Crippen LogP contribution in [0.3, 0.4) is 0 Å². The Balaban J connectivity index is 3.72. The number of halogens is 1. The molecule has 14 heavy (non-hydrogen) atoms. The van der Waals surface area contributed by atoms with E-state index in [-0.39, 0.29) is 5.83 Å². The second-order valence-electron chi connectivity index (χ2n) is 2.73. The Morgan fingerprint density at radius 2 is 2.07 bits per heavy atom. The molecule has 0 aromatic heterocycles. The maximum Gasteiger partial charge on any atom is 0.122 e. The van der Waals surface area contributed by atoms with Crippen molar-refractivity contribution >= 4 is 0 Å². The maximum atomic E-state index is 12.6. The predicted molar refractivity (Wildman–Crippen MR) is 55.6 cm³/mol. The molecular formula is C11H17FO2. The van der Waals surface area contributed by atoms with Gasteiger partial charge >= 0.3 is 0 Å². The van der Waals surface area contributed by atoms with E-state index in [1.807, 2.05) is 0 Å². The average Bonchev–Trinajstić information content (AvgIpc) is 2.21. The normalized spacial score (nSPS) is 12.8. The molecule has 0 aromatic rings. The predicted octanol–water partition coefficient (Wildman–Crippen LogP) is 2.98. The Bertz CT molecular complexity index is 219. The number of methoxy groups -OCH3 is 1. The summed E-state index contributed by atoms with van der Waals surface area (Å²) < 4.78 is 22.7. The smallest absolute Gasteiger partial charge is 0.122 e. The van der Waals surface area contributed by atoms with E-state index in [2.05, 4.69) is 6.58 Å². The van der Waals surface area contributed by atoms with Gasteiger partial charge in [-0.1, -0.05) is 6.58 Å². The van der Waals surface area contributed by atoms with Crippen LogP contribution in [0.25, 0.3) is 0 Å². The summed E-state index contributed by atoms with van der Waals surface area (Å²) in [6.07, 6.45) is 4.87. The monoisotopic (exact) mass is 200 g/mol. The molecule has 3 heteroatoms. The van der Waals surface area contributed by atoms with Crippen molar-refractivity contribution in [2.45, 2.75) is 13.3 Å². The fourth-order valence-electron chi connectivity index (χ4n) is 0.750. The van der Waals surface area contributed by atoms with Crippen LogP contribution in [0.4, 0.5) is 4.39 Å². The van der Waals surface area contributed by atoms with Crippen molar-refractivity contribution < 1.29 is 13.9 Å². The van der Waals surface area contributed by atoms with Crippen molar-refractivity contribution in [1.82, 2.24) is 0 Å². The number of hydrogen-bond acceptors (Lipinski definition) is 2. The third-order valence-corrected chi connectivity index (χ3v) is 1.49. The molecule has 0 saturated heterocycles. The summed E-state index contributed by atoms with van der Waals surface area (Å²) in [7, 11) is 1.64. The van der Waals surface area contributed by atoms with Crippen LogP contribution in [0.5, 0.6) is 0 Å². The second-order valence-corrected chi connectivity index (χ2v) is 2.73. The molecule has 0 rings (SSSR count). The minimum Gasteiger partial charge on any atom is -0.498 e. The zero-order valence-corrected chi connectivity index (χ0v) is 8.75. The minimum absolute atomic E-state index is 0.371. The van der Waals surface area contributed by atoms with Gasteiger partial charge in [-0.15, -0.1) is 0 Å². The molecule has 0 atom stereocenters. The van der Waals surface area contributed by atoms with Gasteiger partial charge in [0.25, 0.3) is 0 Å². The van der Waals surface area contributed by atoms with Gasteiger partial charge in [0, 0.05) is 20.1 Å². The summed E-state index contributed by atoms with van der Waals surface area (Å²) >= 11 is 0. The van der Waals surface area contributed by atoms with Crippen molar-refractivity contribution in [2.75, 3.05) is 20.3 Å². The molecule has 0 N–H and O–H groups in total. The number of ether oxygens (including phenoxy) is 2. The highest BCUT2D eigenvalue weighted by atomic mass is 19.1. The first-order valence-electron chi connectivity index (χ1n) is 4.49. The fraction of sp³-hybridized carbons (Fsp3) is 0.455. The van der Waals surface area contributed by atoms with Crippen LogP contribution < -0.4 is 0 Å². The summed E-state index contributed by atoms with van der Waals surface area (Å²) in [6.45, 7) is 6.33. The van der Waals surface area contributed by atoms with Crippen LogP contribution in [0.15, 0.2) is 36.4 Å². The molecule has 0 saturated carbocycles. The van der Waals surface area contributed by atoms with Gasteiger partial charge in [-0.3, -0.25) is 0 Å². The molecular weight excluding hydrogens is 183 g/mol. The van der Waals surface area contributed by atoms with E-state index in [0.717, 1.165) is 12.5 Å². The highest BCUT2D eigenvalue weighted by Crippen LogP contribution is 2.02. The lowest BCUT2D eigenvalue weighted by atomic mass is 10.4. The lowest BCUT2D eigenvalue weighted by Crippen LogP contribution is -1.97. The number of rotatable bonds is 7. The molecule has 0 bridgehead atoms. The molecule has 0 radical (unpaired) electrons. The third-order valence-electron chi connectivity index (χ3n) is 1.49. The van der Waals surface area contributed by atoms with Gasteiger partial charge in [-0.05, 0) is 25.2 Å². The Labute approximate surface area is 84.7 Å². The fourth-order valence-corrected chi connectivity index (χ4v) is 0.750. The van der Waals surface area contributed by atoms with Crippen LogP contribution in [0.2, 0.25) is 0 Å². The molecule has 2 nitrogen and oxygen atoms in total. The Hall–Kier alpha value is -1.09. The van der Waals surface area contributed by atoms with Gasteiger partial charge < -0.3 is 9.47 Å². The van der Waals surface area contributed by atoms with Crippen LogP contribution in [0.1, 0.15) is 13.3 Å². The van der Waals surface area contributed by atoms with E-state index in [4.69, 9.17) is 9.47 Å². The van der Waals surface area contributed by atoms with Crippen molar-refractivity contribution in [3.8, 4) is 0 Å². The van der Waals surface area contributed by atoms with Crippen LogP contribution >= 0.6 is 0 Å². The number of hydrogen-bond donors (Lipinski definition) is 0. The minimum atomic E-state index is -0.371. The molecule has 0 aliphatic heterocycles. The van der Waals surface area contributed by atoms with E-state index in [9.17, 15) is 4.39 Å². The van der Waals surface area contributed by atoms with Crippen molar-refractivity contribution in [3.63, 3.8) is 0 Å². The van der Waals surface area contributed by atoms with E-state index in [1.54, 1.807) is 20.1 Å².